The summed E-state index contributed by atoms with van der Waals surface area (Å²) in [6.07, 6.45) is 3.64. The van der Waals surface area contributed by atoms with Crippen LogP contribution in [0.3, 0.4) is 0 Å². The van der Waals surface area contributed by atoms with E-state index in [1.54, 1.807) is 0 Å². The lowest BCUT2D eigenvalue weighted by atomic mass is 9.99. The molecule has 0 bridgehead atoms. The number of halogens is 1. The van der Waals surface area contributed by atoms with Crippen molar-refractivity contribution >= 4 is 34.2 Å². The van der Waals surface area contributed by atoms with Crippen molar-refractivity contribution < 1.29 is 29.1 Å². The molecule has 30 heavy (non-hydrogen) atoms. The van der Waals surface area contributed by atoms with Gasteiger partial charge in [-0.3, -0.25) is 14.9 Å². The Kier molecular flexibility index (Phi) is 4.67. The lowest BCUT2D eigenvalue weighted by Crippen LogP contribution is -2.45. The number of benzene rings is 1. The molecule has 1 unspecified atom stereocenters. The van der Waals surface area contributed by atoms with Gasteiger partial charge in [0.2, 0.25) is 5.43 Å². The molecule has 1 aliphatic carbocycles. The van der Waals surface area contributed by atoms with Crippen molar-refractivity contribution in [3.63, 3.8) is 0 Å². The monoisotopic (exact) mass is 419 g/mol. The molecule has 1 saturated heterocycles. The van der Waals surface area contributed by atoms with Crippen LogP contribution in [0.25, 0.3) is 10.9 Å². The number of piperidine rings is 1. The summed E-state index contributed by atoms with van der Waals surface area (Å²) >= 11 is 0. The maximum Gasteiger partial charge on any atom is 0.341 e. The lowest BCUT2D eigenvalue weighted by Gasteiger charge is -2.34. The Bertz CT molecular complexity index is 1160. The van der Waals surface area contributed by atoms with Crippen LogP contribution in [0.5, 0.6) is 0 Å². The van der Waals surface area contributed by atoms with E-state index in [1.165, 1.54) is 9.47 Å². The number of aliphatic carboxylic acids is 1. The average molecular weight is 419 g/mol. The van der Waals surface area contributed by atoms with Gasteiger partial charge in [-0.05, 0) is 38.2 Å². The molecule has 1 aromatic heterocycles. The molecule has 2 N–H and O–H groups in total. The summed E-state index contributed by atoms with van der Waals surface area (Å²) in [4.78, 5) is 48.3. The molecule has 11 heteroatoms. The Balaban J connectivity index is 2.10. The first kappa shape index (κ1) is 19.8. The van der Waals surface area contributed by atoms with Crippen LogP contribution in [-0.4, -0.2) is 44.2 Å². The van der Waals surface area contributed by atoms with E-state index in [1.807, 2.05) is 0 Å². The second-order valence-electron chi connectivity index (χ2n) is 7.57. The predicted molar refractivity (Wildman–Crippen MR) is 103 cm³/mol. The number of carboxylic acid groups (broad SMARTS) is 2. The number of nitro benzene ring substituents is 1. The third kappa shape index (κ3) is 3.06. The highest BCUT2D eigenvalue weighted by Crippen LogP contribution is 2.44. The molecule has 1 saturated carbocycles. The Morgan fingerprint density at radius 3 is 2.47 bits per heavy atom. The maximum absolute atomic E-state index is 15.2. The van der Waals surface area contributed by atoms with Crippen molar-refractivity contribution in [2.45, 2.75) is 44.2 Å². The minimum absolute atomic E-state index is 0.112. The molecule has 0 spiro atoms. The molecule has 4 rings (SSSR count). The molecular formula is C19H18FN3O7. The molecular weight excluding hydrogens is 401 g/mol. The van der Waals surface area contributed by atoms with E-state index < -0.39 is 56.5 Å². The van der Waals surface area contributed by atoms with Crippen molar-refractivity contribution in [3.05, 3.63) is 44.0 Å². The number of nitrogens with zero attached hydrogens (tertiary/aromatic N) is 3. The maximum atomic E-state index is 15.2. The molecule has 1 aliphatic heterocycles. The Labute approximate surface area is 168 Å². The van der Waals surface area contributed by atoms with Crippen LogP contribution >= 0.6 is 0 Å². The summed E-state index contributed by atoms with van der Waals surface area (Å²) in [6.45, 7) is 0.112. The molecule has 2 aromatic rings. The van der Waals surface area contributed by atoms with Gasteiger partial charge in [-0.15, -0.1) is 0 Å². The third-order valence-corrected chi connectivity index (χ3v) is 5.64. The van der Waals surface area contributed by atoms with Crippen LogP contribution in [-0.2, 0) is 4.79 Å². The number of aromatic nitrogens is 1. The predicted octanol–water partition coefficient (Wildman–Crippen LogP) is 2.53. The number of pyridine rings is 1. The van der Waals surface area contributed by atoms with Gasteiger partial charge in [0, 0.05) is 18.8 Å². The average Bonchev–Trinajstić information content (AvgIpc) is 3.52. The molecule has 1 aromatic carbocycles. The van der Waals surface area contributed by atoms with Gasteiger partial charge < -0.3 is 19.7 Å². The summed E-state index contributed by atoms with van der Waals surface area (Å²) < 4.78 is 16.5. The normalized spacial score (nSPS) is 19.1. The number of carbonyl (C=O) groups is 2. The van der Waals surface area contributed by atoms with Crippen LogP contribution in [0.15, 0.2) is 17.1 Å². The van der Waals surface area contributed by atoms with Gasteiger partial charge in [-0.1, -0.05) is 0 Å². The summed E-state index contributed by atoms with van der Waals surface area (Å²) in [5.41, 5.74) is -2.98. The van der Waals surface area contributed by atoms with Crippen LogP contribution in [0.4, 0.5) is 15.8 Å². The topological polar surface area (TPSA) is 143 Å². The Hall–Kier alpha value is -3.50. The van der Waals surface area contributed by atoms with Gasteiger partial charge >= 0.3 is 17.6 Å². The standard InChI is InChI=1S/C19H18FN3O7/c20-12-7-10-14(22(9-4-5-9)8-11(17(10)24)18(25)26)16(23(29)30)15(12)21-6-2-1-3-13(21)19(27)28/h7-9,13H,1-6H2,(H,25,26)(H,27,28). The van der Waals surface area contributed by atoms with E-state index in [-0.39, 0.29) is 24.5 Å². The van der Waals surface area contributed by atoms with Crippen molar-refractivity contribution in [1.82, 2.24) is 4.57 Å². The molecule has 2 fully saturated rings. The fraction of sp³-hybridized carbons (Fsp3) is 0.421. The van der Waals surface area contributed by atoms with E-state index in [9.17, 15) is 34.7 Å². The summed E-state index contributed by atoms with van der Waals surface area (Å²) in [7, 11) is 0. The van der Waals surface area contributed by atoms with Crippen LogP contribution in [0.2, 0.25) is 0 Å². The first-order chi connectivity index (χ1) is 14.2. The Morgan fingerprint density at radius 2 is 1.90 bits per heavy atom. The van der Waals surface area contributed by atoms with E-state index in [4.69, 9.17) is 0 Å². The van der Waals surface area contributed by atoms with Crippen LogP contribution in [0, 0.1) is 15.9 Å². The zero-order valence-electron chi connectivity index (χ0n) is 15.7. The van der Waals surface area contributed by atoms with E-state index in [0.717, 1.165) is 12.3 Å². The van der Waals surface area contributed by atoms with E-state index in [2.05, 4.69) is 0 Å². The lowest BCUT2D eigenvalue weighted by molar-refractivity contribution is -0.382. The molecule has 1 atom stereocenters. The molecule has 2 heterocycles. The highest BCUT2D eigenvalue weighted by molar-refractivity contribution is 5.99. The molecule has 2 aliphatic rings. The fourth-order valence-electron chi connectivity index (χ4n) is 4.15. The fourth-order valence-corrected chi connectivity index (χ4v) is 4.15. The number of rotatable bonds is 5. The summed E-state index contributed by atoms with van der Waals surface area (Å²) in [5, 5.41) is 30.5. The second-order valence-corrected chi connectivity index (χ2v) is 7.57. The number of carboxylic acids is 2. The number of fused-ring (bicyclic) bond motifs is 1. The number of hydrogen-bond acceptors (Lipinski definition) is 6. The van der Waals surface area contributed by atoms with Gasteiger partial charge in [0.1, 0.15) is 17.1 Å². The number of nitro groups is 1. The minimum Gasteiger partial charge on any atom is -0.480 e. The Morgan fingerprint density at radius 1 is 1.20 bits per heavy atom. The minimum atomic E-state index is -1.51. The smallest absolute Gasteiger partial charge is 0.341 e. The summed E-state index contributed by atoms with van der Waals surface area (Å²) in [5.74, 6) is -3.85. The highest BCUT2D eigenvalue weighted by atomic mass is 19.1. The molecule has 10 nitrogen and oxygen atoms in total. The van der Waals surface area contributed by atoms with Gasteiger partial charge in [0.15, 0.2) is 11.5 Å². The highest BCUT2D eigenvalue weighted by Gasteiger charge is 2.39. The summed E-state index contributed by atoms with van der Waals surface area (Å²) in [6, 6.07) is -0.595. The molecule has 0 radical (unpaired) electrons. The van der Waals surface area contributed by atoms with E-state index in [0.29, 0.717) is 25.7 Å². The van der Waals surface area contributed by atoms with Crippen molar-refractivity contribution in [3.8, 4) is 0 Å². The van der Waals surface area contributed by atoms with Crippen molar-refractivity contribution in [1.29, 1.82) is 0 Å². The third-order valence-electron chi connectivity index (χ3n) is 5.64. The molecule has 0 amide bonds. The van der Waals surface area contributed by atoms with E-state index >= 15 is 4.39 Å². The van der Waals surface area contributed by atoms with Crippen molar-refractivity contribution in [2.24, 2.45) is 0 Å². The number of aromatic carboxylic acids is 1. The van der Waals surface area contributed by atoms with Gasteiger partial charge in [-0.25, -0.2) is 14.0 Å². The van der Waals surface area contributed by atoms with Gasteiger partial charge in [-0.2, -0.15) is 0 Å². The van der Waals surface area contributed by atoms with Crippen molar-refractivity contribution in [2.75, 3.05) is 11.4 Å². The zero-order valence-corrected chi connectivity index (χ0v) is 15.7. The second kappa shape index (κ2) is 7.08. The first-order valence-corrected chi connectivity index (χ1v) is 9.50. The largest absolute Gasteiger partial charge is 0.480 e. The number of anilines is 1. The van der Waals surface area contributed by atoms with Crippen LogP contribution in [0.1, 0.15) is 48.5 Å². The van der Waals surface area contributed by atoms with Gasteiger partial charge in [0.05, 0.1) is 10.3 Å². The SMILES string of the molecule is O=C(O)c1cn(C2CC2)c2c([N+](=O)[O-])c(N3CCCCC3C(=O)O)c(F)cc2c1=O. The first-order valence-electron chi connectivity index (χ1n) is 9.50. The van der Waals surface area contributed by atoms with Gasteiger partial charge in [0.25, 0.3) is 0 Å². The molecule has 158 valence electrons. The quantitative estimate of drug-likeness (QED) is 0.556. The number of hydrogen-bond donors (Lipinski definition) is 2. The zero-order chi connectivity index (χ0) is 21.7. The van der Waals surface area contributed by atoms with Crippen LogP contribution < -0.4 is 10.3 Å².